The van der Waals surface area contributed by atoms with Crippen molar-refractivity contribution in [2.24, 2.45) is 0 Å². The van der Waals surface area contributed by atoms with Gasteiger partial charge in [-0.25, -0.2) is 4.39 Å². The average Bonchev–Trinajstić information content (AvgIpc) is 2.68. The summed E-state index contributed by atoms with van der Waals surface area (Å²) in [5, 5.41) is 3.02. The van der Waals surface area contributed by atoms with Crippen LogP contribution in [-0.4, -0.2) is 43.0 Å². The van der Waals surface area contributed by atoms with E-state index in [-0.39, 0.29) is 29.8 Å². The third kappa shape index (κ3) is 4.84. The summed E-state index contributed by atoms with van der Waals surface area (Å²) in [5.41, 5.74) is 0.983. The van der Waals surface area contributed by atoms with Crippen LogP contribution in [0.1, 0.15) is 28.8 Å². The molecule has 0 spiro atoms. The van der Waals surface area contributed by atoms with Gasteiger partial charge in [0.1, 0.15) is 11.6 Å². The lowest BCUT2D eigenvalue weighted by Gasteiger charge is -2.32. The maximum absolute atomic E-state index is 13.8. The molecule has 0 saturated carbocycles. The minimum absolute atomic E-state index is 0.0211. The largest absolute Gasteiger partial charge is 0.497 e. The van der Waals surface area contributed by atoms with Crippen molar-refractivity contribution in [3.63, 3.8) is 0 Å². The Hall–Kier alpha value is -2.89. The van der Waals surface area contributed by atoms with Crippen LogP contribution in [0.3, 0.4) is 0 Å². The van der Waals surface area contributed by atoms with Crippen LogP contribution >= 0.6 is 0 Å². The molecule has 2 amide bonds. The van der Waals surface area contributed by atoms with Crippen molar-refractivity contribution in [2.45, 2.75) is 25.3 Å². The first-order valence-electron chi connectivity index (χ1n) is 9.03. The highest BCUT2D eigenvalue weighted by atomic mass is 19.1. The summed E-state index contributed by atoms with van der Waals surface area (Å²) >= 11 is 0. The molecule has 1 N–H and O–H groups in total. The van der Waals surface area contributed by atoms with E-state index in [1.54, 1.807) is 24.1 Å². The van der Waals surface area contributed by atoms with E-state index in [0.717, 1.165) is 11.3 Å². The molecule has 2 aromatic rings. The molecule has 1 aliphatic heterocycles. The van der Waals surface area contributed by atoms with Gasteiger partial charge in [-0.1, -0.05) is 24.3 Å². The van der Waals surface area contributed by atoms with Gasteiger partial charge in [0, 0.05) is 19.1 Å². The molecule has 3 rings (SSSR count). The Labute approximate surface area is 158 Å². The Morgan fingerprint density at radius 1 is 1.15 bits per heavy atom. The summed E-state index contributed by atoms with van der Waals surface area (Å²) in [6.07, 6.45) is 1.60. The van der Waals surface area contributed by atoms with Crippen molar-refractivity contribution in [1.29, 1.82) is 0 Å². The summed E-state index contributed by atoms with van der Waals surface area (Å²) in [5.74, 6) is -0.132. The number of ether oxygens (including phenoxy) is 1. The van der Waals surface area contributed by atoms with Crippen molar-refractivity contribution in [1.82, 2.24) is 10.2 Å². The van der Waals surface area contributed by atoms with Crippen LogP contribution in [-0.2, 0) is 11.2 Å². The molecule has 1 heterocycles. The van der Waals surface area contributed by atoms with Crippen LogP contribution in [0.4, 0.5) is 4.39 Å². The second kappa shape index (κ2) is 8.66. The van der Waals surface area contributed by atoms with Crippen molar-refractivity contribution >= 4 is 11.8 Å². The van der Waals surface area contributed by atoms with E-state index < -0.39 is 5.82 Å². The van der Waals surface area contributed by atoms with Crippen molar-refractivity contribution in [2.75, 3.05) is 20.2 Å². The zero-order valence-electron chi connectivity index (χ0n) is 15.3. The Balaban J connectivity index is 1.49. The van der Waals surface area contributed by atoms with E-state index in [4.69, 9.17) is 4.74 Å². The standard InChI is InChI=1S/C21H23FN2O3/c1-27-17-6-4-5-15(13-17)14-20(25)23-16-9-11-24(12-10-16)21(26)18-7-2-3-8-19(18)22/h2-8,13,16H,9-12,14H2,1H3,(H,23,25). The average molecular weight is 370 g/mol. The smallest absolute Gasteiger partial charge is 0.256 e. The topological polar surface area (TPSA) is 58.6 Å². The molecule has 6 heteroatoms. The minimum atomic E-state index is -0.504. The molecule has 0 atom stereocenters. The van der Waals surface area contributed by atoms with Gasteiger partial charge < -0.3 is 15.0 Å². The van der Waals surface area contributed by atoms with E-state index in [9.17, 15) is 14.0 Å². The third-order valence-electron chi connectivity index (χ3n) is 4.75. The maximum atomic E-state index is 13.8. The fraction of sp³-hybridized carbons (Fsp3) is 0.333. The number of hydrogen-bond acceptors (Lipinski definition) is 3. The molecule has 5 nitrogen and oxygen atoms in total. The maximum Gasteiger partial charge on any atom is 0.256 e. The lowest BCUT2D eigenvalue weighted by Crippen LogP contribution is -2.47. The predicted molar refractivity (Wildman–Crippen MR) is 100 cm³/mol. The Morgan fingerprint density at radius 2 is 1.89 bits per heavy atom. The summed E-state index contributed by atoms with van der Waals surface area (Å²) in [4.78, 5) is 26.4. The molecular formula is C21H23FN2O3. The minimum Gasteiger partial charge on any atom is -0.497 e. The van der Waals surface area contributed by atoms with E-state index in [1.165, 1.54) is 12.1 Å². The zero-order chi connectivity index (χ0) is 19.2. The van der Waals surface area contributed by atoms with Gasteiger partial charge in [-0.3, -0.25) is 9.59 Å². The predicted octanol–water partition coefficient (Wildman–Crippen LogP) is 2.80. The lowest BCUT2D eigenvalue weighted by molar-refractivity contribution is -0.121. The fourth-order valence-corrected chi connectivity index (χ4v) is 3.28. The fourth-order valence-electron chi connectivity index (χ4n) is 3.28. The molecule has 2 aromatic carbocycles. The van der Waals surface area contributed by atoms with Gasteiger partial charge in [0.25, 0.3) is 5.91 Å². The van der Waals surface area contributed by atoms with E-state index in [0.29, 0.717) is 25.9 Å². The SMILES string of the molecule is COc1cccc(CC(=O)NC2CCN(C(=O)c3ccccc3F)CC2)c1. The number of rotatable bonds is 5. The number of nitrogens with zero attached hydrogens (tertiary/aromatic N) is 1. The van der Waals surface area contributed by atoms with E-state index in [2.05, 4.69) is 5.32 Å². The number of piperidine rings is 1. The third-order valence-corrected chi connectivity index (χ3v) is 4.75. The van der Waals surface area contributed by atoms with Gasteiger partial charge in [0.2, 0.25) is 5.91 Å². The van der Waals surface area contributed by atoms with E-state index in [1.807, 2.05) is 24.3 Å². The zero-order valence-corrected chi connectivity index (χ0v) is 15.3. The molecule has 1 saturated heterocycles. The lowest BCUT2D eigenvalue weighted by atomic mass is 10.0. The van der Waals surface area contributed by atoms with Crippen LogP contribution in [0.5, 0.6) is 5.75 Å². The number of benzene rings is 2. The molecule has 27 heavy (non-hydrogen) atoms. The second-order valence-electron chi connectivity index (χ2n) is 6.64. The van der Waals surface area contributed by atoms with Gasteiger partial charge in [-0.2, -0.15) is 0 Å². The molecule has 0 radical (unpaired) electrons. The number of amides is 2. The summed E-state index contributed by atoms with van der Waals surface area (Å²) in [6.45, 7) is 0.995. The quantitative estimate of drug-likeness (QED) is 0.881. The summed E-state index contributed by atoms with van der Waals surface area (Å²) < 4.78 is 19.0. The van der Waals surface area contributed by atoms with E-state index >= 15 is 0 Å². The van der Waals surface area contributed by atoms with Gasteiger partial charge in [0.05, 0.1) is 19.1 Å². The van der Waals surface area contributed by atoms with Crippen LogP contribution in [0, 0.1) is 5.82 Å². The Kier molecular flexibility index (Phi) is 6.06. The van der Waals surface area contributed by atoms with Gasteiger partial charge >= 0.3 is 0 Å². The molecular weight excluding hydrogens is 347 g/mol. The highest BCUT2D eigenvalue weighted by Gasteiger charge is 2.25. The first-order valence-corrected chi connectivity index (χ1v) is 9.03. The number of hydrogen-bond donors (Lipinski definition) is 1. The molecule has 0 unspecified atom stereocenters. The van der Waals surface area contributed by atoms with Crippen LogP contribution in [0.2, 0.25) is 0 Å². The van der Waals surface area contributed by atoms with Crippen LogP contribution in [0.25, 0.3) is 0 Å². The number of likely N-dealkylation sites (tertiary alicyclic amines) is 1. The number of methoxy groups -OCH3 is 1. The van der Waals surface area contributed by atoms with Gasteiger partial charge in [0.15, 0.2) is 0 Å². The van der Waals surface area contributed by atoms with Gasteiger partial charge in [-0.05, 0) is 42.7 Å². The first kappa shape index (κ1) is 18.9. The highest BCUT2D eigenvalue weighted by Crippen LogP contribution is 2.17. The molecule has 142 valence electrons. The highest BCUT2D eigenvalue weighted by molar-refractivity contribution is 5.94. The van der Waals surface area contributed by atoms with Gasteiger partial charge in [-0.15, -0.1) is 0 Å². The first-order chi connectivity index (χ1) is 13.1. The molecule has 0 bridgehead atoms. The van der Waals surface area contributed by atoms with Crippen LogP contribution < -0.4 is 10.1 Å². The second-order valence-corrected chi connectivity index (χ2v) is 6.64. The van der Waals surface area contributed by atoms with Crippen molar-refractivity contribution in [3.8, 4) is 5.75 Å². The Morgan fingerprint density at radius 3 is 2.59 bits per heavy atom. The van der Waals surface area contributed by atoms with Crippen LogP contribution in [0.15, 0.2) is 48.5 Å². The number of carbonyl (C=O) groups is 2. The normalized spacial score (nSPS) is 14.7. The Bertz CT molecular complexity index is 817. The number of nitrogens with one attached hydrogen (secondary N) is 1. The molecule has 0 aliphatic carbocycles. The number of carbonyl (C=O) groups excluding carboxylic acids is 2. The molecule has 1 fully saturated rings. The number of halogens is 1. The summed E-state index contributed by atoms with van der Waals surface area (Å²) in [6, 6.07) is 13.5. The summed E-state index contributed by atoms with van der Waals surface area (Å²) in [7, 11) is 1.59. The van der Waals surface area contributed by atoms with Crippen molar-refractivity contribution in [3.05, 3.63) is 65.5 Å². The monoisotopic (exact) mass is 370 g/mol. The molecule has 0 aromatic heterocycles. The van der Waals surface area contributed by atoms with Crippen molar-refractivity contribution < 1.29 is 18.7 Å². The molecule has 1 aliphatic rings.